The fourth-order valence-electron chi connectivity index (χ4n) is 2.88. The van der Waals surface area contributed by atoms with E-state index < -0.39 is 11.0 Å². The first-order valence-corrected chi connectivity index (χ1v) is 10.0. The van der Waals surface area contributed by atoms with Gasteiger partial charge in [-0.15, -0.1) is 0 Å². The van der Waals surface area contributed by atoms with E-state index in [1.807, 2.05) is 38.1 Å². The molecule has 2 aromatic rings. The Morgan fingerprint density at radius 3 is 2.31 bits per heavy atom. The molecular formula is C21H24BrN3O4. The van der Waals surface area contributed by atoms with Crippen molar-refractivity contribution in [3.05, 3.63) is 74.2 Å². The van der Waals surface area contributed by atoms with Crippen molar-refractivity contribution >= 4 is 33.4 Å². The molecule has 0 aliphatic heterocycles. The molecular weight excluding hydrogens is 438 g/mol. The third-order valence-corrected chi connectivity index (χ3v) is 4.92. The molecule has 0 aromatic heterocycles. The van der Waals surface area contributed by atoms with Gasteiger partial charge in [-0.05, 0) is 38.5 Å². The van der Waals surface area contributed by atoms with Crippen LogP contribution < -0.4 is 5.32 Å². The molecule has 8 heteroatoms. The van der Waals surface area contributed by atoms with E-state index in [-0.39, 0.29) is 36.5 Å². The summed E-state index contributed by atoms with van der Waals surface area (Å²) in [5.74, 6) is -0.623. The normalized spacial score (nSPS) is 11.8. The van der Waals surface area contributed by atoms with Crippen molar-refractivity contribution in [3.63, 3.8) is 0 Å². The molecule has 0 bridgehead atoms. The maximum Gasteiger partial charge on any atom is 0.273 e. The smallest absolute Gasteiger partial charge is 0.273 e. The number of carbonyl (C=O) groups is 2. The van der Waals surface area contributed by atoms with Gasteiger partial charge >= 0.3 is 0 Å². The van der Waals surface area contributed by atoms with Crippen LogP contribution in [0.3, 0.4) is 0 Å². The number of benzene rings is 2. The van der Waals surface area contributed by atoms with Crippen molar-refractivity contribution in [1.82, 2.24) is 10.2 Å². The number of carbonyl (C=O) groups excluding carboxylic acids is 2. The summed E-state index contributed by atoms with van der Waals surface area (Å²) < 4.78 is 0.907. The van der Waals surface area contributed by atoms with E-state index >= 15 is 0 Å². The number of nitrogens with one attached hydrogen (secondary N) is 1. The number of para-hydroxylation sites is 1. The molecule has 0 saturated heterocycles. The van der Waals surface area contributed by atoms with Crippen LogP contribution in [0, 0.1) is 10.1 Å². The molecule has 0 unspecified atom stereocenters. The first-order chi connectivity index (χ1) is 13.7. The van der Waals surface area contributed by atoms with E-state index in [1.165, 1.54) is 11.0 Å². The second-order valence-electron chi connectivity index (χ2n) is 7.05. The zero-order valence-electron chi connectivity index (χ0n) is 16.6. The average Bonchev–Trinajstić information content (AvgIpc) is 2.66. The molecule has 1 N–H and O–H groups in total. The maximum absolute atomic E-state index is 13.1. The predicted molar refractivity (Wildman–Crippen MR) is 114 cm³/mol. The minimum Gasteiger partial charge on any atom is -0.352 e. The summed E-state index contributed by atoms with van der Waals surface area (Å²) in [4.78, 5) is 37.9. The number of hydrogen-bond donors (Lipinski definition) is 1. The summed E-state index contributed by atoms with van der Waals surface area (Å²) in [5.41, 5.74) is 1.07. The van der Waals surface area contributed by atoms with E-state index in [4.69, 9.17) is 0 Å². The topological polar surface area (TPSA) is 92.6 Å². The Labute approximate surface area is 178 Å². The third kappa shape index (κ3) is 6.39. The minimum atomic E-state index is -0.726. The van der Waals surface area contributed by atoms with Crippen LogP contribution in [0.1, 0.15) is 31.9 Å². The lowest BCUT2D eigenvalue weighted by Crippen LogP contribution is -2.49. The second kappa shape index (κ2) is 10.2. The summed E-state index contributed by atoms with van der Waals surface area (Å²) in [5, 5.41) is 14.1. The fraction of sp³-hybridized carbons (Fsp3) is 0.333. The van der Waals surface area contributed by atoms with E-state index in [0.717, 1.165) is 10.0 Å². The van der Waals surface area contributed by atoms with Gasteiger partial charge in [0, 0.05) is 28.7 Å². The van der Waals surface area contributed by atoms with Crippen molar-refractivity contribution < 1.29 is 14.5 Å². The van der Waals surface area contributed by atoms with Crippen LogP contribution in [0.5, 0.6) is 0 Å². The van der Waals surface area contributed by atoms with Crippen LogP contribution in [-0.2, 0) is 22.6 Å². The van der Waals surface area contributed by atoms with Gasteiger partial charge in [-0.25, -0.2) is 0 Å². The van der Waals surface area contributed by atoms with Gasteiger partial charge in [0.1, 0.15) is 6.04 Å². The van der Waals surface area contributed by atoms with Crippen LogP contribution in [0.15, 0.2) is 53.0 Å². The van der Waals surface area contributed by atoms with Crippen molar-refractivity contribution in [2.75, 3.05) is 0 Å². The Morgan fingerprint density at radius 1 is 1.10 bits per heavy atom. The highest BCUT2D eigenvalue weighted by Crippen LogP contribution is 2.21. The quantitative estimate of drug-likeness (QED) is 0.477. The molecule has 2 aromatic carbocycles. The Kier molecular flexibility index (Phi) is 7.90. The molecule has 2 rings (SSSR count). The van der Waals surface area contributed by atoms with Gasteiger partial charge in [-0.2, -0.15) is 0 Å². The van der Waals surface area contributed by atoms with Gasteiger partial charge in [0.25, 0.3) is 5.69 Å². The summed E-state index contributed by atoms with van der Waals surface area (Å²) in [6, 6.07) is 12.8. The van der Waals surface area contributed by atoms with Crippen molar-refractivity contribution in [2.45, 2.75) is 45.8 Å². The zero-order chi connectivity index (χ0) is 21.6. The van der Waals surface area contributed by atoms with Crippen molar-refractivity contribution in [1.29, 1.82) is 0 Å². The maximum atomic E-state index is 13.1. The summed E-state index contributed by atoms with van der Waals surface area (Å²) >= 11 is 3.38. The van der Waals surface area contributed by atoms with E-state index in [0.29, 0.717) is 5.56 Å². The predicted octanol–water partition coefficient (Wildman–Crippen LogP) is 3.84. The van der Waals surface area contributed by atoms with Gasteiger partial charge in [-0.3, -0.25) is 19.7 Å². The minimum absolute atomic E-state index is 0.0650. The number of halogens is 1. The Morgan fingerprint density at radius 2 is 1.72 bits per heavy atom. The monoisotopic (exact) mass is 461 g/mol. The lowest BCUT2D eigenvalue weighted by atomic mass is 10.1. The molecule has 0 radical (unpaired) electrons. The summed E-state index contributed by atoms with van der Waals surface area (Å²) in [7, 11) is 0. The molecule has 154 valence electrons. The number of amides is 2. The molecule has 1 atom stereocenters. The van der Waals surface area contributed by atoms with Gasteiger partial charge < -0.3 is 10.2 Å². The molecule has 7 nitrogen and oxygen atoms in total. The number of hydrogen-bond acceptors (Lipinski definition) is 4. The van der Waals surface area contributed by atoms with Gasteiger partial charge in [0.2, 0.25) is 11.8 Å². The SMILES string of the molecule is CC(C)NC(=O)[C@@H](C)N(Cc1ccc(Br)cc1)C(=O)Cc1ccccc1[N+](=O)[O-]. The number of nitro benzene ring substituents is 1. The standard InChI is InChI=1S/C21H24BrN3O4/c1-14(2)23-21(27)15(3)24(13-16-8-10-18(22)11-9-16)20(26)12-17-6-4-5-7-19(17)25(28)29/h4-11,14-15H,12-13H2,1-3H3,(H,23,27)/t15-/m1/s1. The van der Waals surface area contributed by atoms with Crippen LogP contribution in [0.2, 0.25) is 0 Å². The van der Waals surface area contributed by atoms with Crippen LogP contribution in [0.4, 0.5) is 5.69 Å². The summed E-state index contributed by atoms with van der Waals surface area (Å²) in [6.07, 6.45) is -0.160. The first-order valence-electron chi connectivity index (χ1n) is 9.25. The Bertz CT molecular complexity index is 884. The Hall–Kier alpha value is -2.74. The highest BCUT2D eigenvalue weighted by Gasteiger charge is 2.28. The highest BCUT2D eigenvalue weighted by atomic mass is 79.9. The lowest BCUT2D eigenvalue weighted by molar-refractivity contribution is -0.385. The van der Waals surface area contributed by atoms with E-state index in [1.54, 1.807) is 25.1 Å². The van der Waals surface area contributed by atoms with Gasteiger partial charge in [0.05, 0.1) is 11.3 Å². The summed E-state index contributed by atoms with van der Waals surface area (Å²) in [6.45, 7) is 5.57. The Balaban J connectivity index is 2.30. The number of nitro groups is 1. The van der Waals surface area contributed by atoms with Crippen LogP contribution in [-0.4, -0.2) is 33.7 Å². The number of nitrogens with zero attached hydrogens (tertiary/aromatic N) is 2. The van der Waals surface area contributed by atoms with E-state index in [9.17, 15) is 19.7 Å². The molecule has 0 spiro atoms. The van der Waals surface area contributed by atoms with Crippen LogP contribution >= 0.6 is 15.9 Å². The first kappa shape index (κ1) is 22.5. The zero-order valence-corrected chi connectivity index (χ0v) is 18.2. The highest BCUT2D eigenvalue weighted by molar-refractivity contribution is 9.10. The molecule has 29 heavy (non-hydrogen) atoms. The average molecular weight is 462 g/mol. The molecule has 0 saturated carbocycles. The van der Waals surface area contributed by atoms with Crippen molar-refractivity contribution in [3.8, 4) is 0 Å². The van der Waals surface area contributed by atoms with Gasteiger partial charge in [-0.1, -0.05) is 46.3 Å². The molecule has 0 heterocycles. The third-order valence-electron chi connectivity index (χ3n) is 4.39. The molecule has 0 aliphatic carbocycles. The van der Waals surface area contributed by atoms with Gasteiger partial charge in [0.15, 0.2) is 0 Å². The number of rotatable bonds is 8. The fourth-order valence-corrected chi connectivity index (χ4v) is 3.14. The lowest BCUT2D eigenvalue weighted by Gasteiger charge is -2.29. The molecule has 2 amide bonds. The molecule has 0 aliphatic rings. The molecule has 0 fully saturated rings. The largest absolute Gasteiger partial charge is 0.352 e. The van der Waals surface area contributed by atoms with Crippen molar-refractivity contribution in [2.24, 2.45) is 0 Å². The van der Waals surface area contributed by atoms with Crippen LogP contribution in [0.25, 0.3) is 0 Å². The second-order valence-corrected chi connectivity index (χ2v) is 7.97. The van der Waals surface area contributed by atoms with E-state index in [2.05, 4.69) is 21.2 Å².